The van der Waals surface area contributed by atoms with E-state index in [1.54, 1.807) is 0 Å². The van der Waals surface area contributed by atoms with Crippen molar-refractivity contribution in [3.05, 3.63) is 29.8 Å². The zero-order valence-corrected chi connectivity index (χ0v) is 18.4. The van der Waals surface area contributed by atoms with E-state index < -0.39 is 8.15 Å². The molecule has 0 amide bonds. The summed E-state index contributed by atoms with van der Waals surface area (Å²) >= 11 is 0. The molecule has 0 bridgehead atoms. The lowest BCUT2D eigenvalue weighted by atomic mass is 10.1. The quantitative estimate of drug-likeness (QED) is 0.530. The number of hydrogen-bond donors (Lipinski definition) is 0. The third kappa shape index (κ3) is 6.37. The van der Waals surface area contributed by atoms with Crippen LogP contribution in [-0.2, 0) is 6.54 Å². The van der Waals surface area contributed by atoms with Crippen molar-refractivity contribution in [2.24, 2.45) is 0 Å². The Balaban J connectivity index is 2.99. The Labute approximate surface area is 151 Å². The monoisotopic (exact) mass is 351 g/mol. The van der Waals surface area contributed by atoms with Crippen molar-refractivity contribution in [3.8, 4) is 5.75 Å². The van der Waals surface area contributed by atoms with Crippen molar-refractivity contribution in [1.82, 2.24) is 4.90 Å². The summed E-state index contributed by atoms with van der Waals surface area (Å²) in [4.78, 5) is 2.51. The lowest BCUT2D eigenvalue weighted by Gasteiger charge is -2.39. The molecule has 1 aromatic rings. The molecule has 3 heteroatoms. The third-order valence-electron chi connectivity index (χ3n) is 4.01. The topological polar surface area (TPSA) is 12.5 Å². The van der Waals surface area contributed by atoms with Gasteiger partial charge in [-0.25, -0.2) is 0 Å². The van der Waals surface area contributed by atoms with Gasteiger partial charge in [-0.3, -0.25) is 4.90 Å². The van der Waals surface area contributed by atoms with E-state index in [1.807, 2.05) is 0 Å². The predicted octanol–water partition coefficient (Wildman–Crippen LogP) is 6.68. The summed E-state index contributed by atoms with van der Waals surface area (Å²) < 4.78 is 6.53. The van der Waals surface area contributed by atoms with Crippen LogP contribution in [0.2, 0.25) is 0 Å². The minimum absolute atomic E-state index is 0.158. The van der Waals surface area contributed by atoms with Gasteiger partial charge in [-0.15, -0.1) is 0 Å². The SMILES string of the molecule is CC(C)N(Cc1cccc(OP(C(C)(C)C)C(C)(C)C)c1)C(C)C. The van der Waals surface area contributed by atoms with Gasteiger partial charge in [0.15, 0.2) is 0 Å². The van der Waals surface area contributed by atoms with Crippen LogP contribution in [0.25, 0.3) is 0 Å². The molecule has 0 N–H and O–H groups in total. The highest BCUT2D eigenvalue weighted by Gasteiger charge is 2.37. The molecule has 0 aliphatic rings. The maximum absolute atomic E-state index is 6.53. The van der Waals surface area contributed by atoms with Crippen molar-refractivity contribution in [2.45, 2.75) is 98.2 Å². The van der Waals surface area contributed by atoms with Crippen molar-refractivity contribution < 1.29 is 4.52 Å². The molecular weight excluding hydrogens is 313 g/mol. The van der Waals surface area contributed by atoms with Crippen LogP contribution in [-0.4, -0.2) is 27.3 Å². The van der Waals surface area contributed by atoms with Gasteiger partial charge in [-0.2, -0.15) is 0 Å². The molecule has 0 saturated heterocycles. The maximum atomic E-state index is 6.53. The Morgan fingerprint density at radius 1 is 0.917 bits per heavy atom. The second-order valence-electron chi connectivity index (χ2n) is 9.23. The molecule has 0 unspecified atom stereocenters. The molecule has 0 radical (unpaired) electrons. The van der Waals surface area contributed by atoms with Crippen LogP contribution in [0.5, 0.6) is 5.75 Å². The summed E-state index contributed by atoms with van der Waals surface area (Å²) in [6.45, 7) is 23.7. The van der Waals surface area contributed by atoms with E-state index in [9.17, 15) is 0 Å². The molecule has 1 aromatic carbocycles. The van der Waals surface area contributed by atoms with Crippen molar-refractivity contribution in [1.29, 1.82) is 0 Å². The Bertz CT molecular complexity index is 489. The van der Waals surface area contributed by atoms with Gasteiger partial charge in [-0.05, 0) is 45.4 Å². The second kappa shape index (κ2) is 8.19. The van der Waals surface area contributed by atoms with E-state index in [0.29, 0.717) is 12.1 Å². The number of hydrogen-bond acceptors (Lipinski definition) is 2. The fraction of sp³-hybridized carbons (Fsp3) is 0.714. The van der Waals surface area contributed by atoms with E-state index in [4.69, 9.17) is 4.52 Å². The Hall–Kier alpha value is -0.590. The smallest absolute Gasteiger partial charge is 0.123 e. The van der Waals surface area contributed by atoms with E-state index in [0.717, 1.165) is 12.3 Å². The third-order valence-corrected chi connectivity index (χ3v) is 6.84. The largest absolute Gasteiger partial charge is 0.473 e. The number of nitrogens with zero attached hydrogens (tertiary/aromatic N) is 1. The number of benzene rings is 1. The molecule has 1 rings (SSSR count). The maximum Gasteiger partial charge on any atom is 0.123 e. The van der Waals surface area contributed by atoms with E-state index in [2.05, 4.69) is 98.4 Å². The van der Waals surface area contributed by atoms with Gasteiger partial charge < -0.3 is 4.52 Å². The van der Waals surface area contributed by atoms with Crippen molar-refractivity contribution >= 4 is 8.15 Å². The highest BCUT2D eigenvalue weighted by atomic mass is 31.1. The summed E-state index contributed by atoms with van der Waals surface area (Å²) in [5, 5.41) is 0.316. The van der Waals surface area contributed by atoms with Crippen LogP contribution in [0.3, 0.4) is 0 Å². The minimum Gasteiger partial charge on any atom is -0.473 e. The van der Waals surface area contributed by atoms with Crippen LogP contribution >= 0.6 is 8.15 Å². The van der Waals surface area contributed by atoms with Gasteiger partial charge >= 0.3 is 0 Å². The van der Waals surface area contributed by atoms with Crippen LogP contribution < -0.4 is 4.52 Å². The lowest BCUT2D eigenvalue weighted by Crippen LogP contribution is -2.36. The van der Waals surface area contributed by atoms with Gasteiger partial charge in [0.2, 0.25) is 0 Å². The molecule has 24 heavy (non-hydrogen) atoms. The normalized spacial score (nSPS) is 13.4. The first kappa shape index (κ1) is 21.5. The Kier molecular flexibility index (Phi) is 7.32. The average molecular weight is 352 g/mol. The van der Waals surface area contributed by atoms with Crippen LogP contribution in [0.4, 0.5) is 0 Å². The summed E-state index contributed by atoms with van der Waals surface area (Å²) in [7, 11) is -0.590. The van der Waals surface area contributed by atoms with Crippen molar-refractivity contribution in [3.63, 3.8) is 0 Å². The lowest BCUT2D eigenvalue weighted by molar-refractivity contribution is 0.166. The average Bonchev–Trinajstić information content (AvgIpc) is 2.39. The highest BCUT2D eigenvalue weighted by Crippen LogP contribution is 2.59. The fourth-order valence-corrected chi connectivity index (χ4v) is 6.14. The Morgan fingerprint density at radius 2 is 1.42 bits per heavy atom. The van der Waals surface area contributed by atoms with Gasteiger partial charge in [-0.1, -0.05) is 53.7 Å². The number of rotatable bonds is 6. The molecule has 0 saturated carbocycles. The van der Waals surface area contributed by atoms with Gasteiger partial charge in [0.1, 0.15) is 5.75 Å². The molecule has 138 valence electrons. The molecule has 0 heterocycles. The zero-order valence-electron chi connectivity index (χ0n) is 17.5. The zero-order chi connectivity index (χ0) is 18.7. The van der Waals surface area contributed by atoms with E-state index in [1.165, 1.54) is 5.56 Å². The standard InChI is InChI=1S/C21H38NOP/c1-16(2)22(17(3)4)15-18-12-11-13-19(14-18)23-24(20(5,6)7)21(8,9)10/h11-14,16-17H,15H2,1-10H3. The first-order valence-corrected chi connectivity index (χ1v) is 10.4. The molecule has 0 fully saturated rings. The van der Waals surface area contributed by atoms with Gasteiger partial charge in [0.25, 0.3) is 0 Å². The van der Waals surface area contributed by atoms with Crippen LogP contribution in [0.1, 0.15) is 74.8 Å². The van der Waals surface area contributed by atoms with Crippen molar-refractivity contribution in [2.75, 3.05) is 0 Å². The molecular formula is C21H38NOP. The van der Waals surface area contributed by atoms with Gasteiger partial charge in [0, 0.05) is 28.9 Å². The molecule has 0 atom stereocenters. The fourth-order valence-electron chi connectivity index (χ4n) is 3.26. The van der Waals surface area contributed by atoms with Gasteiger partial charge in [0.05, 0.1) is 8.15 Å². The van der Waals surface area contributed by atoms with Crippen LogP contribution in [0, 0.1) is 0 Å². The highest BCUT2D eigenvalue weighted by molar-refractivity contribution is 7.56. The first-order valence-electron chi connectivity index (χ1n) is 9.15. The summed E-state index contributed by atoms with van der Waals surface area (Å²) in [5.41, 5.74) is 1.33. The summed E-state index contributed by atoms with van der Waals surface area (Å²) in [6.07, 6.45) is 0. The van der Waals surface area contributed by atoms with E-state index in [-0.39, 0.29) is 10.3 Å². The molecule has 0 spiro atoms. The minimum atomic E-state index is -0.590. The molecule has 0 aliphatic carbocycles. The van der Waals surface area contributed by atoms with E-state index >= 15 is 0 Å². The Morgan fingerprint density at radius 3 is 1.83 bits per heavy atom. The molecule has 0 aliphatic heterocycles. The van der Waals surface area contributed by atoms with Crippen LogP contribution in [0.15, 0.2) is 24.3 Å². The molecule has 0 aromatic heterocycles. The summed E-state index contributed by atoms with van der Waals surface area (Å²) in [5.74, 6) is 1.01. The predicted molar refractivity (Wildman–Crippen MR) is 109 cm³/mol. The first-order chi connectivity index (χ1) is 10.8. The second-order valence-corrected chi connectivity index (χ2v) is 12.7. The molecule has 2 nitrogen and oxygen atoms in total. The summed E-state index contributed by atoms with van der Waals surface area (Å²) in [6, 6.07) is 9.74.